The minimum Gasteiger partial charge on any atom is -0.380 e. The van der Waals surface area contributed by atoms with Gasteiger partial charge >= 0.3 is 0 Å². The molecule has 1 aliphatic heterocycles. The van der Waals surface area contributed by atoms with Crippen molar-refractivity contribution in [3.8, 4) is 5.82 Å². The number of thioether (sulfide) groups is 1. The Balaban J connectivity index is 1.66. The highest BCUT2D eigenvalue weighted by Crippen LogP contribution is 2.34. The predicted octanol–water partition coefficient (Wildman–Crippen LogP) is 2.61. The molecule has 0 spiro atoms. The second-order valence-electron chi connectivity index (χ2n) is 5.97. The Kier molecular flexibility index (Phi) is 3.65. The molecule has 0 aromatic carbocycles. The number of aromatic nitrogens is 4. The van der Waals surface area contributed by atoms with Gasteiger partial charge in [-0.05, 0) is 29.7 Å². The van der Waals surface area contributed by atoms with E-state index in [0.29, 0.717) is 11.5 Å². The van der Waals surface area contributed by atoms with E-state index in [9.17, 15) is 0 Å². The number of hydrogen-bond donors (Lipinski definition) is 1. The number of hydrogen-bond acceptors (Lipinski definition) is 5. The van der Waals surface area contributed by atoms with Gasteiger partial charge in [0.05, 0.1) is 11.9 Å². The second kappa shape index (κ2) is 5.44. The molecule has 0 amide bonds. The molecule has 106 valence electrons. The lowest BCUT2D eigenvalue weighted by Gasteiger charge is -2.35. The first-order valence-electron chi connectivity index (χ1n) is 6.78. The Labute approximate surface area is 123 Å². The van der Waals surface area contributed by atoms with Gasteiger partial charge in [-0.15, -0.1) is 0 Å². The number of nitrogens with one attached hydrogen (secondary N) is 1. The zero-order valence-corrected chi connectivity index (χ0v) is 12.6. The van der Waals surface area contributed by atoms with Gasteiger partial charge < -0.3 is 5.32 Å². The first kappa shape index (κ1) is 13.4. The highest BCUT2D eigenvalue weighted by Gasteiger charge is 2.28. The van der Waals surface area contributed by atoms with Gasteiger partial charge in [0, 0.05) is 11.8 Å². The number of pyridine rings is 1. The Bertz CT molecular complexity index is 549. The molecule has 0 bridgehead atoms. The van der Waals surface area contributed by atoms with E-state index in [1.165, 1.54) is 18.5 Å². The van der Waals surface area contributed by atoms with Crippen molar-refractivity contribution in [3.05, 3.63) is 31.0 Å². The number of rotatable bonds is 3. The topological polar surface area (TPSA) is 55.6 Å². The van der Waals surface area contributed by atoms with Crippen LogP contribution in [0, 0.1) is 5.41 Å². The zero-order chi connectivity index (χ0) is 14.0. The largest absolute Gasteiger partial charge is 0.380 e. The van der Waals surface area contributed by atoms with E-state index in [0.717, 1.165) is 17.3 Å². The molecule has 0 radical (unpaired) electrons. The van der Waals surface area contributed by atoms with Gasteiger partial charge in [0.25, 0.3) is 0 Å². The molecule has 2 aromatic heterocycles. The summed E-state index contributed by atoms with van der Waals surface area (Å²) >= 11 is 2.03. The first-order chi connectivity index (χ1) is 9.62. The van der Waals surface area contributed by atoms with E-state index < -0.39 is 0 Å². The van der Waals surface area contributed by atoms with Gasteiger partial charge in [0.1, 0.15) is 12.7 Å². The highest BCUT2D eigenvalue weighted by molar-refractivity contribution is 7.99. The first-order valence-corrected chi connectivity index (χ1v) is 7.93. The summed E-state index contributed by atoms with van der Waals surface area (Å²) in [7, 11) is 0. The summed E-state index contributed by atoms with van der Waals surface area (Å²) in [5, 5.41) is 7.65. The molecule has 0 aliphatic carbocycles. The normalized spacial score (nSPS) is 21.6. The lowest BCUT2D eigenvalue weighted by molar-refractivity contribution is 0.358. The van der Waals surface area contributed by atoms with E-state index in [2.05, 4.69) is 40.3 Å². The van der Waals surface area contributed by atoms with Crippen molar-refractivity contribution in [3.63, 3.8) is 0 Å². The third-order valence-corrected chi connectivity index (χ3v) is 5.01. The van der Waals surface area contributed by atoms with Gasteiger partial charge in [0.2, 0.25) is 0 Å². The van der Waals surface area contributed by atoms with E-state index >= 15 is 0 Å². The zero-order valence-electron chi connectivity index (χ0n) is 11.8. The third kappa shape index (κ3) is 3.12. The van der Waals surface area contributed by atoms with Crippen LogP contribution >= 0.6 is 11.8 Å². The fraction of sp³-hybridized carbons (Fsp3) is 0.500. The van der Waals surface area contributed by atoms with Crippen molar-refractivity contribution >= 4 is 17.4 Å². The number of anilines is 1. The van der Waals surface area contributed by atoms with Gasteiger partial charge in [-0.3, -0.25) is 0 Å². The lowest BCUT2D eigenvalue weighted by Crippen LogP contribution is -2.35. The number of nitrogens with zero attached hydrogens (tertiary/aromatic N) is 4. The molecule has 1 saturated heterocycles. The van der Waals surface area contributed by atoms with Crippen molar-refractivity contribution in [2.45, 2.75) is 26.3 Å². The van der Waals surface area contributed by atoms with Gasteiger partial charge in [-0.2, -0.15) is 16.9 Å². The van der Waals surface area contributed by atoms with Crippen LogP contribution in [0.3, 0.4) is 0 Å². The molecule has 0 saturated carbocycles. The van der Waals surface area contributed by atoms with Crippen molar-refractivity contribution < 1.29 is 0 Å². The van der Waals surface area contributed by atoms with E-state index in [1.807, 2.05) is 24.0 Å². The van der Waals surface area contributed by atoms with E-state index in [1.54, 1.807) is 11.0 Å². The summed E-state index contributed by atoms with van der Waals surface area (Å²) in [6, 6.07) is 4.52. The van der Waals surface area contributed by atoms with Crippen LogP contribution in [-0.2, 0) is 0 Å². The van der Waals surface area contributed by atoms with Crippen LogP contribution in [-0.4, -0.2) is 37.3 Å². The Morgan fingerprint density at radius 2 is 2.30 bits per heavy atom. The molecule has 20 heavy (non-hydrogen) atoms. The minimum atomic E-state index is 0.411. The van der Waals surface area contributed by atoms with Crippen LogP contribution in [0.2, 0.25) is 0 Å². The van der Waals surface area contributed by atoms with Gasteiger partial charge in [-0.25, -0.2) is 14.6 Å². The average Bonchev–Trinajstić information content (AvgIpc) is 2.92. The molecular formula is C14H19N5S. The monoisotopic (exact) mass is 289 g/mol. The summed E-state index contributed by atoms with van der Waals surface area (Å²) in [6.07, 6.45) is 6.22. The molecule has 1 atom stereocenters. The summed E-state index contributed by atoms with van der Waals surface area (Å²) in [4.78, 5) is 8.34. The lowest BCUT2D eigenvalue weighted by atomic mass is 9.88. The standard InChI is InChI=1S/C14H19N5S/c1-14(2)5-12(7-20-8-14)18-11-3-4-13(16-6-11)19-10-15-9-17-19/h3-4,6,9-10,12,18H,5,7-8H2,1-2H3. The highest BCUT2D eigenvalue weighted by atomic mass is 32.2. The predicted molar refractivity (Wildman–Crippen MR) is 82.3 cm³/mol. The van der Waals surface area contributed by atoms with Crippen LogP contribution in [0.4, 0.5) is 5.69 Å². The smallest absolute Gasteiger partial charge is 0.155 e. The third-order valence-electron chi connectivity index (χ3n) is 3.38. The Morgan fingerprint density at radius 1 is 1.40 bits per heavy atom. The van der Waals surface area contributed by atoms with Crippen molar-refractivity contribution in [2.75, 3.05) is 16.8 Å². The molecule has 2 aromatic rings. The van der Waals surface area contributed by atoms with Crippen molar-refractivity contribution in [1.82, 2.24) is 19.7 Å². The van der Waals surface area contributed by atoms with Crippen LogP contribution in [0.15, 0.2) is 31.0 Å². The minimum absolute atomic E-state index is 0.411. The quantitative estimate of drug-likeness (QED) is 0.941. The molecule has 5 nitrogen and oxygen atoms in total. The van der Waals surface area contributed by atoms with Crippen molar-refractivity contribution in [1.29, 1.82) is 0 Å². The van der Waals surface area contributed by atoms with Crippen LogP contribution in [0.25, 0.3) is 5.82 Å². The molecule has 1 unspecified atom stereocenters. The van der Waals surface area contributed by atoms with Gasteiger partial charge in [0.15, 0.2) is 5.82 Å². The van der Waals surface area contributed by atoms with Crippen LogP contribution in [0.1, 0.15) is 20.3 Å². The van der Waals surface area contributed by atoms with E-state index in [4.69, 9.17) is 0 Å². The maximum atomic E-state index is 4.41. The van der Waals surface area contributed by atoms with Gasteiger partial charge in [-0.1, -0.05) is 13.8 Å². The summed E-state index contributed by atoms with van der Waals surface area (Å²) < 4.78 is 1.66. The molecule has 3 rings (SSSR count). The molecule has 1 aliphatic rings. The molecule has 1 fully saturated rings. The van der Waals surface area contributed by atoms with Crippen molar-refractivity contribution in [2.24, 2.45) is 5.41 Å². The molecule has 6 heteroatoms. The van der Waals surface area contributed by atoms with Crippen LogP contribution in [0.5, 0.6) is 0 Å². The Morgan fingerprint density at radius 3 is 2.95 bits per heavy atom. The summed E-state index contributed by atoms with van der Waals surface area (Å²) in [5.41, 5.74) is 1.48. The maximum Gasteiger partial charge on any atom is 0.155 e. The summed E-state index contributed by atoms with van der Waals surface area (Å²) in [5.74, 6) is 3.19. The molecule has 1 N–H and O–H groups in total. The van der Waals surface area contributed by atoms with E-state index in [-0.39, 0.29) is 0 Å². The molecular weight excluding hydrogens is 270 g/mol. The molecule has 3 heterocycles. The second-order valence-corrected chi connectivity index (χ2v) is 7.00. The average molecular weight is 289 g/mol. The fourth-order valence-corrected chi connectivity index (χ4v) is 3.80. The maximum absolute atomic E-state index is 4.41. The van der Waals surface area contributed by atoms with Crippen LogP contribution < -0.4 is 5.32 Å². The fourth-order valence-electron chi connectivity index (χ4n) is 2.52. The SMILES string of the molecule is CC1(C)CSCC(Nc2ccc(-n3cncn3)nc2)C1. The summed E-state index contributed by atoms with van der Waals surface area (Å²) in [6.45, 7) is 4.67. The Hall–Kier alpha value is -1.56.